The average Bonchev–Trinajstić information content (AvgIpc) is 2.74. The maximum absolute atomic E-state index is 13.4. The van der Waals surface area contributed by atoms with Crippen LogP contribution in [0.4, 0.5) is 0 Å². The summed E-state index contributed by atoms with van der Waals surface area (Å²) in [6.45, 7) is 7.89. The third-order valence-corrected chi connectivity index (χ3v) is 6.42. The predicted octanol–water partition coefficient (Wildman–Crippen LogP) is 4.62. The Morgan fingerprint density at radius 2 is 1.79 bits per heavy atom. The van der Waals surface area contributed by atoms with Gasteiger partial charge in [0, 0.05) is 18.8 Å². The minimum atomic E-state index is -0.899. The Morgan fingerprint density at radius 1 is 1.14 bits per heavy atom. The van der Waals surface area contributed by atoms with Crippen LogP contribution in [0.15, 0.2) is 41.9 Å². The molecular formula is C24H32N4O. The van der Waals surface area contributed by atoms with Gasteiger partial charge in [-0.1, -0.05) is 25.1 Å². The number of aromatic nitrogens is 2. The smallest absolute Gasteiger partial charge is 0.164 e. The monoisotopic (exact) mass is 392 g/mol. The first-order chi connectivity index (χ1) is 13.9. The number of nitrogens with zero attached hydrogens (tertiary/aromatic N) is 3. The number of rotatable bonds is 6. The summed E-state index contributed by atoms with van der Waals surface area (Å²) in [6.07, 6.45) is 9.68. The lowest BCUT2D eigenvalue weighted by Gasteiger charge is -2.41. The zero-order valence-electron chi connectivity index (χ0n) is 18.0. The number of nitrogens with two attached hydrogens (primary N) is 1. The highest BCUT2D eigenvalue weighted by atomic mass is 16.1. The molecule has 1 aromatic heterocycles. The van der Waals surface area contributed by atoms with E-state index >= 15 is 0 Å². The molecule has 0 bridgehead atoms. The highest BCUT2D eigenvalue weighted by molar-refractivity contribution is 5.93. The van der Waals surface area contributed by atoms with Gasteiger partial charge in [-0.3, -0.25) is 9.79 Å². The van der Waals surface area contributed by atoms with E-state index < -0.39 is 5.54 Å². The Morgan fingerprint density at radius 3 is 2.34 bits per heavy atom. The molecular weight excluding hydrogens is 360 g/mol. The molecule has 3 rings (SSSR count). The Labute approximate surface area is 173 Å². The Balaban J connectivity index is 2.00. The molecule has 1 aromatic carbocycles. The summed E-state index contributed by atoms with van der Waals surface area (Å²) >= 11 is 0. The van der Waals surface area contributed by atoms with E-state index in [1.54, 1.807) is 13.3 Å². The van der Waals surface area contributed by atoms with Gasteiger partial charge in [-0.15, -0.1) is 0 Å². The first-order valence-electron chi connectivity index (χ1n) is 10.6. The van der Waals surface area contributed by atoms with Gasteiger partial charge in [0.2, 0.25) is 0 Å². The average molecular weight is 393 g/mol. The molecule has 1 heterocycles. The van der Waals surface area contributed by atoms with E-state index in [1.807, 2.05) is 19.3 Å². The lowest BCUT2D eigenvalue weighted by molar-refractivity contribution is -0.126. The number of amidine groups is 1. The van der Waals surface area contributed by atoms with Crippen LogP contribution in [-0.4, -0.2) is 21.6 Å². The molecule has 5 nitrogen and oxygen atoms in total. The zero-order valence-corrected chi connectivity index (χ0v) is 18.0. The topological polar surface area (TPSA) is 81.2 Å². The second-order valence-electron chi connectivity index (χ2n) is 8.32. The number of aryl methyl sites for hydroxylation is 2. The Kier molecular flexibility index (Phi) is 6.46. The lowest BCUT2D eigenvalue weighted by atomic mass is 9.66. The lowest BCUT2D eigenvalue weighted by Crippen LogP contribution is -2.44. The van der Waals surface area contributed by atoms with Crippen LogP contribution in [0.5, 0.6) is 0 Å². The number of carbonyl (C=O) groups excluding carboxylic acids is 1. The molecule has 0 radical (unpaired) electrons. The van der Waals surface area contributed by atoms with E-state index in [9.17, 15) is 4.79 Å². The summed E-state index contributed by atoms with van der Waals surface area (Å²) in [5, 5.41) is 0. The van der Waals surface area contributed by atoms with Gasteiger partial charge in [0.25, 0.3) is 0 Å². The third kappa shape index (κ3) is 4.24. The van der Waals surface area contributed by atoms with Crippen molar-refractivity contribution < 1.29 is 4.79 Å². The number of ketones is 1. The predicted molar refractivity (Wildman–Crippen MR) is 117 cm³/mol. The highest BCUT2D eigenvalue weighted by Gasteiger charge is 2.47. The van der Waals surface area contributed by atoms with Gasteiger partial charge in [-0.05, 0) is 80.5 Å². The molecule has 1 atom stereocenters. The van der Waals surface area contributed by atoms with Gasteiger partial charge < -0.3 is 5.73 Å². The first-order valence-corrected chi connectivity index (χ1v) is 10.6. The van der Waals surface area contributed by atoms with E-state index in [0.717, 1.165) is 31.2 Å². The van der Waals surface area contributed by atoms with Crippen molar-refractivity contribution in [2.24, 2.45) is 16.6 Å². The van der Waals surface area contributed by atoms with Crippen LogP contribution in [0, 0.1) is 19.8 Å². The molecule has 1 aliphatic carbocycles. The number of hydrogen-bond donors (Lipinski definition) is 1. The maximum atomic E-state index is 13.4. The molecule has 1 fully saturated rings. The fourth-order valence-electron chi connectivity index (χ4n) is 4.73. The molecule has 1 aliphatic rings. The van der Waals surface area contributed by atoms with Crippen LogP contribution in [0.3, 0.4) is 0 Å². The van der Waals surface area contributed by atoms with E-state index in [2.05, 4.69) is 42.0 Å². The van der Waals surface area contributed by atoms with Crippen molar-refractivity contribution in [3.63, 3.8) is 0 Å². The van der Waals surface area contributed by atoms with Gasteiger partial charge in [0.15, 0.2) is 5.78 Å². The molecule has 0 saturated heterocycles. The number of Topliss-reactive ketones (excluding diaryl/α,β-unsaturated/α-hetero) is 1. The van der Waals surface area contributed by atoms with Crippen LogP contribution < -0.4 is 5.73 Å². The number of carbonyl (C=O) groups is 1. The van der Waals surface area contributed by atoms with Gasteiger partial charge in [-0.25, -0.2) is 9.97 Å². The van der Waals surface area contributed by atoms with E-state index in [-0.39, 0.29) is 11.7 Å². The summed E-state index contributed by atoms with van der Waals surface area (Å²) in [5.41, 5.74) is 9.74. The second kappa shape index (κ2) is 8.85. The number of aliphatic imine (C=N–C) groups is 1. The molecule has 1 saturated carbocycles. The molecule has 154 valence electrons. The van der Waals surface area contributed by atoms with E-state index in [4.69, 9.17) is 10.7 Å². The van der Waals surface area contributed by atoms with Crippen molar-refractivity contribution in [3.05, 3.63) is 59.2 Å². The van der Waals surface area contributed by atoms with Crippen LogP contribution in [-0.2, 0) is 10.3 Å². The Hall–Kier alpha value is -2.56. The molecule has 29 heavy (non-hydrogen) atoms. The largest absolute Gasteiger partial charge is 0.388 e. The molecule has 5 heteroatoms. The molecule has 2 aromatic rings. The summed E-state index contributed by atoms with van der Waals surface area (Å²) in [4.78, 5) is 26.6. The van der Waals surface area contributed by atoms with Crippen LogP contribution >= 0.6 is 0 Å². The summed E-state index contributed by atoms with van der Waals surface area (Å²) in [5.74, 6) is 1.18. The van der Waals surface area contributed by atoms with Gasteiger partial charge in [-0.2, -0.15) is 0 Å². The zero-order chi connectivity index (χ0) is 21.0. The SMILES string of the molecule is CCC(=O)C(N=C(C)N)(c1ccc(C)c(C)c1)C1CCC(c2cncnc2)CC1. The van der Waals surface area contributed by atoms with Crippen molar-refractivity contribution in [3.8, 4) is 0 Å². The minimum absolute atomic E-state index is 0.136. The fourth-order valence-corrected chi connectivity index (χ4v) is 4.73. The molecule has 2 N–H and O–H groups in total. The highest BCUT2D eigenvalue weighted by Crippen LogP contribution is 2.47. The van der Waals surface area contributed by atoms with Gasteiger partial charge >= 0.3 is 0 Å². The quantitative estimate of drug-likeness (QED) is 0.574. The van der Waals surface area contributed by atoms with Gasteiger partial charge in [0.05, 0.1) is 5.84 Å². The molecule has 1 unspecified atom stereocenters. The molecule has 0 amide bonds. The molecule has 0 spiro atoms. The standard InChI is InChI=1S/C24H32N4O/c1-5-23(29)24(28-18(4)25,22-9-6-16(2)17(3)12-22)21-10-7-19(8-11-21)20-13-26-15-27-14-20/h6,9,12-15,19,21H,5,7-8,10-11H2,1-4H3,(H2,25,28). The summed E-state index contributed by atoms with van der Waals surface area (Å²) < 4.78 is 0. The number of hydrogen-bond acceptors (Lipinski definition) is 4. The maximum Gasteiger partial charge on any atom is 0.164 e. The van der Waals surface area contributed by atoms with E-state index in [0.29, 0.717) is 18.2 Å². The van der Waals surface area contributed by atoms with Crippen molar-refractivity contribution in [2.45, 2.75) is 71.3 Å². The van der Waals surface area contributed by atoms with Crippen molar-refractivity contribution >= 4 is 11.6 Å². The summed E-state index contributed by atoms with van der Waals surface area (Å²) in [7, 11) is 0. The third-order valence-electron chi connectivity index (χ3n) is 6.42. The van der Waals surface area contributed by atoms with Gasteiger partial charge in [0.1, 0.15) is 11.9 Å². The fraction of sp³-hybridized carbons (Fsp3) is 0.500. The van der Waals surface area contributed by atoms with Crippen LogP contribution in [0.2, 0.25) is 0 Å². The van der Waals surface area contributed by atoms with Crippen molar-refractivity contribution in [1.29, 1.82) is 0 Å². The summed E-state index contributed by atoms with van der Waals surface area (Å²) in [6, 6.07) is 6.29. The van der Waals surface area contributed by atoms with Crippen molar-refractivity contribution in [1.82, 2.24) is 9.97 Å². The minimum Gasteiger partial charge on any atom is -0.388 e. The van der Waals surface area contributed by atoms with E-state index in [1.165, 1.54) is 16.7 Å². The van der Waals surface area contributed by atoms with Crippen LogP contribution in [0.25, 0.3) is 0 Å². The van der Waals surface area contributed by atoms with Crippen LogP contribution in [0.1, 0.15) is 74.1 Å². The van der Waals surface area contributed by atoms with Crippen molar-refractivity contribution in [2.75, 3.05) is 0 Å². The number of benzene rings is 1. The normalized spacial score (nSPS) is 22.1. The Bertz CT molecular complexity index is 881. The molecule has 0 aliphatic heterocycles. The first kappa shape index (κ1) is 21.2. The second-order valence-corrected chi connectivity index (χ2v) is 8.32.